The largest absolute Gasteiger partial charge is 0.393 e. The van der Waals surface area contributed by atoms with Crippen molar-refractivity contribution in [1.29, 1.82) is 0 Å². The van der Waals surface area contributed by atoms with Gasteiger partial charge in [-0.25, -0.2) is 0 Å². The van der Waals surface area contributed by atoms with Gasteiger partial charge in [-0.1, -0.05) is 34.4 Å². The smallest absolute Gasteiger partial charge is 0.145 e. The maximum Gasteiger partial charge on any atom is 0.145 e. The number of ether oxygens (including phenoxy) is 1. The van der Waals surface area contributed by atoms with Crippen LogP contribution in [-0.2, 0) is 11.3 Å². The van der Waals surface area contributed by atoms with Crippen LogP contribution < -0.4 is 0 Å². The Bertz CT molecular complexity index is 722. The number of halogens is 2. The fraction of sp³-hybridized carbons (Fsp3) is 0.444. The third-order valence-electron chi connectivity index (χ3n) is 4.59. The zero-order valence-corrected chi connectivity index (χ0v) is 14.6. The summed E-state index contributed by atoms with van der Waals surface area (Å²) in [6.45, 7) is 0.375. The van der Waals surface area contributed by atoms with Gasteiger partial charge in [0.1, 0.15) is 11.5 Å². The van der Waals surface area contributed by atoms with Gasteiger partial charge < -0.3 is 14.4 Å². The molecule has 2 aliphatic rings. The Balaban J connectivity index is 1.65. The highest BCUT2D eigenvalue weighted by Crippen LogP contribution is 2.46. The maximum absolute atomic E-state index is 9.61. The molecule has 4 rings (SSSR count). The molecule has 0 saturated heterocycles. The molecule has 2 atom stereocenters. The van der Waals surface area contributed by atoms with E-state index in [0.717, 1.165) is 37.0 Å². The molecular weight excluding hydrogens is 349 g/mol. The molecule has 1 aromatic heterocycles. The average molecular weight is 367 g/mol. The predicted octanol–water partition coefficient (Wildman–Crippen LogP) is 4.77. The van der Waals surface area contributed by atoms with Crippen LogP contribution in [0.4, 0.5) is 0 Å². The number of benzene rings is 1. The Morgan fingerprint density at radius 1 is 1.17 bits per heavy atom. The van der Waals surface area contributed by atoms with Gasteiger partial charge in [-0.3, -0.25) is 0 Å². The van der Waals surface area contributed by atoms with E-state index < -0.39 is 0 Å². The molecule has 2 aromatic rings. The quantitative estimate of drug-likeness (QED) is 0.827. The molecule has 0 aliphatic heterocycles. The number of hydrogen-bond acceptors (Lipinski definition) is 4. The van der Waals surface area contributed by atoms with E-state index in [1.807, 2.05) is 6.42 Å². The highest BCUT2D eigenvalue weighted by atomic mass is 35.5. The molecule has 0 spiro atoms. The predicted molar refractivity (Wildman–Crippen MR) is 92.1 cm³/mol. The fourth-order valence-corrected chi connectivity index (χ4v) is 3.73. The minimum Gasteiger partial charge on any atom is -0.393 e. The van der Waals surface area contributed by atoms with Crippen LogP contribution >= 0.6 is 23.2 Å². The van der Waals surface area contributed by atoms with Crippen molar-refractivity contribution in [3.63, 3.8) is 0 Å². The molecule has 2 fully saturated rings. The summed E-state index contributed by atoms with van der Waals surface area (Å²) in [7, 11) is 0. The van der Waals surface area contributed by atoms with E-state index in [0.29, 0.717) is 33.8 Å². The van der Waals surface area contributed by atoms with Crippen LogP contribution in [0.3, 0.4) is 0 Å². The summed E-state index contributed by atoms with van der Waals surface area (Å²) in [4.78, 5) is 0. The van der Waals surface area contributed by atoms with Gasteiger partial charge in [0.15, 0.2) is 0 Å². The van der Waals surface area contributed by atoms with Crippen molar-refractivity contribution in [3.8, 4) is 11.3 Å². The van der Waals surface area contributed by atoms with Gasteiger partial charge in [-0.2, -0.15) is 0 Å². The van der Waals surface area contributed by atoms with Gasteiger partial charge in [-0.15, -0.1) is 0 Å². The average Bonchev–Trinajstić information content (AvgIpc) is 3.18. The number of aromatic nitrogens is 1. The third-order valence-corrected chi connectivity index (χ3v) is 5.22. The Kier molecular flexibility index (Phi) is 4.56. The topological polar surface area (TPSA) is 55.5 Å². The molecule has 24 heavy (non-hydrogen) atoms. The summed E-state index contributed by atoms with van der Waals surface area (Å²) >= 11 is 12.7. The van der Waals surface area contributed by atoms with E-state index in [1.165, 1.54) is 0 Å². The number of nitrogens with zero attached hydrogens (tertiary/aromatic N) is 1. The molecule has 4 nitrogen and oxygen atoms in total. The monoisotopic (exact) mass is 366 g/mol. The van der Waals surface area contributed by atoms with Gasteiger partial charge >= 0.3 is 0 Å². The maximum atomic E-state index is 9.61. The first kappa shape index (κ1) is 16.4. The van der Waals surface area contributed by atoms with Gasteiger partial charge in [0.05, 0.1) is 28.9 Å². The van der Waals surface area contributed by atoms with E-state index in [4.69, 9.17) is 32.5 Å². The lowest BCUT2D eigenvalue weighted by molar-refractivity contribution is 0.0631. The molecule has 6 heteroatoms. The molecule has 0 bridgehead atoms. The van der Waals surface area contributed by atoms with Crippen molar-refractivity contribution < 1.29 is 14.4 Å². The van der Waals surface area contributed by atoms with Crippen LogP contribution in [0, 0.1) is 6.42 Å². The second-order valence-corrected chi connectivity index (χ2v) is 7.25. The summed E-state index contributed by atoms with van der Waals surface area (Å²) in [5.74, 6) is 1.28. The van der Waals surface area contributed by atoms with Crippen LogP contribution in [0.25, 0.3) is 11.3 Å². The number of rotatable bonds is 5. The summed E-state index contributed by atoms with van der Waals surface area (Å²) in [5.41, 5.74) is 2.26. The molecule has 1 radical (unpaired) electrons. The minimum atomic E-state index is -0.377. The molecule has 2 unspecified atom stereocenters. The third kappa shape index (κ3) is 3.21. The lowest BCUT2D eigenvalue weighted by Gasteiger charge is -2.12. The SMILES string of the molecule is OC1[CH]C(OCc2c(-c3c(Cl)cccc3Cl)noc2C2CC2)CC1. The summed E-state index contributed by atoms with van der Waals surface area (Å²) in [5, 5.41) is 14.9. The highest BCUT2D eigenvalue weighted by molar-refractivity contribution is 6.39. The summed E-state index contributed by atoms with van der Waals surface area (Å²) in [6, 6.07) is 5.39. The van der Waals surface area contributed by atoms with Crippen molar-refractivity contribution in [2.75, 3.05) is 0 Å². The molecular formula is C18H18Cl2NO3. The van der Waals surface area contributed by atoms with Crippen LogP contribution in [0.1, 0.15) is 42.9 Å². The number of aliphatic hydroxyl groups excluding tert-OH is 1. The van der Waals surface area contributed by atoms with E-state index >= 15 is 0 Å². The standard InChI is InChI=1S/C18H18Cl2NO3/c19-14-2-1-3-15(20)16(14)17-13(18(24-21-17)10-4-5-10)9-23-12-7-6-11(22)8-12/h1-3,8,10-12,22H,4-7,9H2. The van der Waals surface area contributed by atoms with Crippen molar-refractivity contribution in [2.45, 2.75) is 50.4 Å². The van der Waals surface area contributed by atoms with Crippen molar-refractivity contribution >= 4 is 23.2 Å². The van der Waals surface area contributed by atoms with Crippen LogP contribution in [-0.4, -0.2) is 22.5 Å². The molecule has 127 valence electrons. The molecule has 2 aliphatic carbocycles. The lowest BCUT2D eigenvalue weighted by atomic mass is 10.0. The van der Waals surface area contributed by atoms with Crippen molar-refractivity contribution in [2.24, 2.45) is 0 Å². The Labute approximate surface area is 150 Å². The first-order valence-corrected chi connectivity index (χ1v) is 8.96. The van der Waals surface area contributed by atoms with E-state index in [9.17, 15) is 5.11 Å². The molecule has 1 N–H and O–H groups in total. The molecule has 1 heterocycles. The zero-order chi connectivity index (χ0) is 16.7. The normalized spacial score (nSPS) is 23.8. The Morgan fingerprint density at radius 2 is 1.92 bits per heavy atom. The minimum absolute atomic E-state index is 0.0449. The van der Waals surface area contributed by atoms with E-state index in [1.54, 1.807) is 18.2 Å². The highest BCUT2D eigenvalue weighted by Gasteiger charge is 2.34. The number of hydrogen-bond donors (Lipinski definition) is 1. The van der Waals surface area contributed by atoms with Gasteiger partial charge in [0.25, 0.3) is 0 Å². The van der Waals surface area contributed by atoms with Gasteiger partial charge in [0.2, 0.25) is 0 Å². The fourth-order valence-electron chi connectivity index (χ4n) is 3.15. The Hall–Kier alpha value is -1.07. The van der Waals surface area contributed by atoms with Crippen LogP contribution in [0.5, 0.6) is 0 Å². The summed E-state index contributed by atoms with van der Waals surface area (Å²) in [6.07, 6.45) is 5.19. The number of aliphatic hydroxyl groups is 1. The van der Waals surface area contributed by atoms with Crippen LogP contribution in [0.15, 0.2) is 22.7 Å². The second-order valence-electron chi connectivity index (χ2n) is 6.43. The van der Waals surface area contributed by atoms with Crippen molar-refractivity contribution in [3.05, 3.63) is 46.0 Å². The zero-order valence-electron chi connectivity index (χ0n) is 13.0. The molecule has 0 amide bonds. The van der Waals surface area contributed by atoms with Gasteiger partial charge in [0, 0.05) is 23.5 Å². The first-order valence-electron chi connectivity index (χ1n) is 8.21. The first-order chi connectivity index (χ1) is 11.6. The van der Waals surface area contributed by atoms with Crippen molar-refractivity contribution in [1.82, 2.24) is 5.16 Å². The lowest BCUT2D eigenvalue weighted by Crippen LogP contribution is -2.11. The Morgan fingerprint density at radius 3 is 2.54 bits per heavy atom. The second kappa shape index (κ2) is 6.68. The van der Waals surface area contributed by atoms with E-state index in [2.05, 4.69) is 5.16 Å². The molecule has 2 saturated carbocycles. The summed E-state index contributed by atoms with van der Waals surface area (Å²) < 4.78 is 11.6. The van der Waals surface area contributed by atoms with E-state index in [-0.39, 0.29) is 12.2 Å². The van der Waals surface area contributed by atoms with Gasteiger partial charge in [-0.05, 0) is 37.8 Å². The molecule has 1 aromatic carbocycles. The van der Waals surface area contributed by atoms with Crippen LogP contribution in [0.2, 0.25) is 10.0 Å².